The van der Waals surface area contributed by atoms with E-state index in [9.17, 15) is 18.0 Å². The maximum absolute atomic E-state index is 12.7. The van der Waals surface area contributed by atoms with E-state index >= 15 is 0 Å². The zero-order valence-electron chi connectivity index (χ0n) is 12.5. The topological polar surface area (TPSA) is 63.9 Å². The molecule has 0 unspecified atom stereocenters. The molecule has 0 N–H and O–H groups in total. The highest BCUT2D eigenvalue weighted by molar-refractivity contribution is 5.87. The third-order valence-corrected chi connectivity index (χ3v) is 2.88. The fraction of sp³-hybridized carbons (Fsp3) is 0.125. The molecule has 24 heavy (non-hydrogen) atoms. The lowest BCUT2D eigenvalue weighted by molar-refractivity contribution is -0.137. The number of hydrogen-bond donors (Lipinski definition) is 0. The van der Waals surface area contributed by atoms with Crippen molar-refractivity contribution in [3.63, 3.8) is 0 Å². The first-order valence-electron chi connectivity index (χ1n) is 6.69. The van der Waals surface area contributed by atoms with Gasteiger partial charge in [0.2, 0.25) is 0 Å². The SMILES string of the molecule is COC(=O)/C=C/c1ccncc1N=Nc1cccc(C(F)(F)F)c1. The minimum Gasteiger partial charge on any atom is -0.466 e. The van der Waals surface area contributed by atoms with Gasteiger partial charge in [0, 0.05) is 17.8 Å². The third-order valence-electron chi connectivity index (χ3n) is 2.88. The Morgan fingerprint density at radius 2 is 2.04 bits per heavy atom. The number of azo groups is 1. The minimum absolute atomic E-state index is 0.0524. The second-order valence-electron chi connectivity index (χ2n) is 4.54. The zero-order valence-corrected chi connectivity index (χ0v) is 12.5. The van der Waals surface area contributed by atoms with E-state index in [2.05, 4.69) is 19.9 Å². The van der Waals surface area contributed by atoms with Crippen molar-refractivity contribution in [2.24, 2.45) is 10.2 Å². The lowest BCUT2D eigenvalue weighted by Crippen LogP contribution is -2.03. The Morgan fingerprint density at radius 3 is 2.75 bits per heavy atom. The number of pyridine rings is 1. The molecule has 0 saturated heterocycles. The molecule has 1 heterocycles. The number of benzene rings is 1. The van der Waals surface area contributed by atoms with Crippen LogP contribution in [0.5, 0.6) is 0 Å². The molecule has 0 radical (unpaired) electrons. The van der Waals surface area contributed by atoms with Gasteiger partial charge in [0.1, 0.15) is 5.69 Å². The van der Waals surface area contributed by atoms with Crippen molar-refractivity contribution >= 4 is 23.4 Å². The molecular weight excluding hydrogens is 323 g/mol. The largest absolute Gasteiger partial charge is 0.466 e. The Hall–Kier alpha value is -3.03. The van der Waals surface area contributed by atoms with Crippen LogP contribution in [0.2, 0.25) is 0 Å². The lowest BCUT2D eigenvalue weighted by Gasteiger charge is -2.06. The van der Waals surface area contributed by atoms with E-state index in [1.807, 2.05) is 0 Å². The average Bonchev–Trinajstić information content (AvgIpc) is 2.58. The highest BCUT2D eigenvalue weighted by atomic mass is 19.4. The van der Waals surface area contributed by atoms with Crippen LogP contribution in [0.25, 0.3) is 6.08 Å². The second-order valence-corrected chi connectivity index (χ2v) is 4.54. The van der Waals surface area contributed by atoms with Gasteiger partial charge in [0.25, 0.3) is 0 Å². The average molecular weight is 335 g/mol. The molecular formula is C16H12F3N3O2. The first-order chi connectivity index (χ1) is 11.4. The van der Waals surface area contributed by atoms with Crippen LogP contribution >= 0.6 is 0 Å². The first kappa shape index (κ1) is 17.3. The fourth-order valence-electron chi connectivity index (χ4n) is 1.70. The Labute approximate surface area is 135 Å². The van der Waals surface area contributed by atoms with Crippen LogP contribution in [0.15, 0.2) is 59.0 Å². The molecule has 8 heteroatoms. The van der Waals surface area contributed by atoms with Gasteiger partial charge < -0.3 is 4.74 Å². The maximum Gasteiger partial charge on any atom is 0.416 e. The van der Waals surface area contributed by atoms with Gasteiger partial charge in [-0.3, -0.25) is 4.98 Å². The maximum atomic E-state index is 12.7. The number of methoxy groups -OCH3 is 1. The summed E-state index contributed by atoms with van der Waals surface area (Å²) in [6.45, 7) is 0. The van der Waals surface area contributed by atoms with E-state index in [1.165, 1.54) is 43.8 Å². The molecule has 1 aromatic heterocycles. The smallest absolute Gasteiger partial charge is 0.416 e. The van der Waals surface area contributed by atoms with Crippen molar-refractivity contribution in [2.75, 3.05) is 7.11 Å². The van der Waals surface area contributed by atoms with Crippen molar-refractivity contribution in [3.05, 3.63) is 59.9 Å². The van der Waals surface area contributed by atoms with Crippen LogP contribution in [0.1, 0.15) is 11.1 Å². The zero-order chi connectivity index (χ0) is 17.6. The molecule has 0 fully saturated rings. The molecule has 0 atom stereocenters. The van der Waals surface area contributed by atoms with Crippen LogP contribution in [0.4, 0.5) is 24.5 Å². The number of rotatable bonds is 4. The van der Waals surface area contributed by atoms with Gasteiger partial charge in [-0.1, -0.05) is 6.07 Å². The number of esters is 1. The number of hydrogen-bond acceptors (Lipinski definition) is 5. The third kappa shape index (κ3) is 4.73. The predicted molar refractivity (Wildman–Crippen MR) is 80.9 cm³/mol. The van der Waals surface area contributed by atoms with E-state index in [-0.39, 0.29) is 5.69 Å². The van der Waals surface area contributed by atoms with E-state index in [0.29, 0.717) is 11.3 Å². The highest BCUT2D eigenvalue weighted by Gasteiger charge is 2.30. The van der Waals surface area contributed by atoms with E-state index in [0.717, 1.165) is 12.1 Å². The van der Waals surface area contributed by atoms with Crippen LogP contribution < -0.4 is 0 Å². The summed E-state index contributed by atoms with van der Waals surface area (Å²) in [6.07, 6.45) is 1.06. The fourth-order valence-corrected chi connectivity index (χ4v) is 1.70. The summed E-state index contributed by atoms with van der Waals surface area (Å²) in [6, 6.07) is 6.08. The Bertz CT molecular complexity index is 786. The van der Waals surface area contributed by atoms with Crippen LogP contribution in [-0.2, 0) is 15.7 Å². The summed E-state index contributed by atoms with van der Waals surface area (Å²) >= 11 is 0. The summed E-state index contributed by atoms with van der Waals surface area (Å²) in [5.74, 6) is -0.549. The summed E-state index contributed by atoms with van der Waals surface area (Å²) in [5.41, 5.74) is 0.0636. The molecule has 0 aliphatic rings. The van der Waals surface area contributed by atoms with Gasteiger partial charge >= 0.3 is 12.1 Å². The Morgan fingerprint density at radius 1 is 1.25 bits per heavy atom. The molecule has 124 valence electrons. The second kappa shape index (κ2) is 7.49. The molecule has 0 aliphatic heterocycles. The molecule has 2 rings (SSSR count). The Balaban J connectivity index is 2.27. The highest BCUT2D eigenvalue weighted by Crippen LogP contribution is 2.32. The molecule has 0 spiro atoms. The van der Waals surface area contributed by atoms with Crippen molar-refractivity contribution in [1.82, 2.24) is 4.98 Å². The number of alkyl halides is 3. The molecule has 1 aromatic carbocycles. The van der Waals surface area contributed by atoms with Gasteiger partial charge in [-0.15, -0.1) is 5.11 Å². The lowest BCUT2D eigenvalue weighted by atomic mass is 10.2. The van der Waals surface area contributed by atoms with Crippen molar-refractivity contribution in [3.8, 4) is 0 Å². The monoisotopic (exact) mass is 335 g/mol. The molecule has 0 saturated carbocycles. The number of carbonyl (C=O) groups excluding carboxylic acids is 1. The number of carbonyl (C=O) groups is 1. The number of nitrogens with zero attached hydrogens (tertiary/aromatic N) is 3. The predicted octanol–water partition coefficient (Wildman–Crippen LogP) is 4.70. The number of ether oxygens (including phenoxy) is 1. The Kier molecular flexibility index (Phi) is 5.41. The van der Waals surface area contributed by atoms with Crippen LogP contribution in [0.3, 0.4) is 0 Å². The van der Waals surface area contributed by atoms with E-state index in [4.69, 9.17) is 0 Å². The van der Waals surface area contributed by atoms with Crippen molar-refractivity contribution in [2.45, 2.75) is 6.18 Å². The van der Waals surface area contributed by atoms with Gasteiger partial charge in [-0.05, 0) is 30.3 Å². The van der Waals surface area contributed by atoms with Gasteiger partial charge in [0.15, 0.2) is 0 Å². The molecule has 0 aliphatic carbocycles. The van der Waals surface area contributed by atoms with E-state index in [1.54, 1.807) is 6.07 Å². The number of halogens is 3. The summed E-state index contributed by atoms with van der Waals surface area (Å²) < 4.78 is 42.5. The first-order valence-corrected chi connectivity index (χ1v) is 6.69. The summed E-state index contributed by atoms with van der Waals surface area (Å²) in [4.78, 5) is 15.0. The summed E-state index contributed by atoms with van der Waals surface area (Å²) in [5, 5.41) is 7.69. The normalized spacial score (nSPS) is 12.0. The minimum atomic E-state index is -4.45. The van der Waals surface area contributed by atoms with Gasteiger partial charge in [-0.25, -0.2) is 4.79 Å². The number of aromatic nitrogens is 1. The van der Waals surface area contributed by atoms with Crippen molar-refractivity contribution < 1.29 is 22.7 Å². The van der Waals surface area contributed by atoms with Gasteiger partial charge in [0.05, 0.1) is 24.6 Å². The molecule has 5 nitrogen and oxygen atoms in total. The summed E-state index contributed by atoms with van der Waals surface area (Å²) in [7, 11) is 1.24. The van der Waals surface area contributed by atoms with Crippen LogP contribution in [-0.4, -0.2) is 18.1 Å². The standard InChI is InChI=1S/C16H12F3N3O2/c1-24-15(23)6-5-11-7-8-20-10-14(11)22-21-13-4-2-3-12(9-13)16(17,18)19/h2-10H,1H3/b6-5+,22-21?. The van der Waals surface area contributed by atoms with E-state index < -0.39 is 17.7 Å². The van der Waals surface area contributed by atoms with Crippen molar-refractivity contribution in [1.29, 1.82) is 0 Å². The molecule has 2 aromatic rings. The molecule has 0 bridgehead atoms. The molecule has 0 amide bonds. The van der Waals surface area contributed by atoms with Gasteiger partial charge in [-0.2, -0.15) is 18.3 Å². The quantitative estimate of drug-likeness (QED) is 0.462. The van der Waals surface area contributed by atoms with Crippen LogP contribution in [0, 0.1) is 0 Å².